The summed E-state index contributed by atoms with van der Waals surface area (Å²) >= 11 is 0. The van der Waals surface area contributed by atoms with Crippen molar-refractivity contribution in [3.63, 3.8) is 0 Å². The largest absolute Gasteiger partial charge is 0.465 e. The predicted molar refractivity (Wildman–Crippen MR) is 75.9 cm³/mol. The van der Waals surface area contributed by atoms with Crippen LogP contribution in [0.2, 0.25) is 0 Å². The van der Waals surface area contributed by atoms with Gasteiger partial charge in [0.15, 0.2) is 5.54 Å². The minimum absolute atomic E-state index is 0.213. The molecule has 0 fully saturated rings. The third-order valence-electron chi connectivity index (χ3n) is 3.78. The number of nitrogens with one attached hydrogen (secondary N) is 2. The van der Waals surface area contributed by atoms with Crippen LogP contribution in [0.1, 0.15) is 15.9 Å². The second kappa shape index (κ2) is 5.38. The van der Waals surface area contributed by atoms with Gasteiger partial charge in [0, 0.05) is 18.0 Å². The van der Waals surface area contributed by atoms with E-state index in [0.717, 1.165) is 18.2 Å². The van der Waals surface area contributed by atoms with Crippen molar-refractivity contribution in [1.29, 1.82) is 0 Å². The van der Waals surface area contributed by atoms with E-state index in [1.165, 1.54) is 36.7 Å². The Kier molecular flexibility index (Phi) is 3.60. The van der Waals surface area contributed by atoms with Gasteiger partial charge in [0.05, 0.1) is 12.7 Å². The standard InChI is InChI=1S/C15H12F3N3O3/c1-24-13(23)9-4-2-3-5-10(9)14(15(16,17)18)8-11-12(22)19-6-7-21(11)20-14/h2-8,20H,1H3,(H,19,22). The summed E-state index contributed by atoms with van der Waals surface area (Å²) in [7, 11) is 1.08. The van der Waals surface area contributed by atoms with E-state index >= 15 is 0 Å². The summed E-state index contributed by atoms with van der Waals surface area (Å²) in [6.07, 6.45) is -1.60. The molecule has 9 heteroatoms. The van der Waals surface area contributed by atoms with Gasteiger partial charge in [-0.15, -0.1) is 0 Å². The number of fused-ring (bicyclic) bond motifs is 1. The van der Waals surface area contributed by atoms with Gasteiger partial charge in [0.2, 0.25) is 0 Å². The maximum atomic E-state index is 14.0. The second-order valence-electron chi connectivity index (χ2n) is 5.14. The van der Waals surface area contributed by atoms with Crippen LogP contribution in [0.15, 0.2) is 48.4 Å². The van der Waals surface area contributed by atoms with E-state index < -0.39 is 23.6 Å². The zero-order valence-electron chi connectivity index (χ0n) is 12.3. The number of hydrogen-bond acceptors (Lipinski definition) is 5. The van der Waals surface area contributed by atoms with Gasteiger partial charge in [0.25, 0.3) is 5.91 Å². The molecule has 126 valence electrons. The highest BCUT2D eigenvalue weighted by Crippen LogP contribution is 2.46. The van der Waals surface area contributed by atoms with Crippen molar-refractivity contribution < 1.29 is 27.5 Å². The average molecular weight is 339 g/mol. The number of carbonyl (C=O) groups excluding carboxylic acids is 2. The van der Waals surface area contributed by atoms with Crippen molar-refractivity contribution in [3.05, 3.63) is 59.6 Å². The molecule has 2 aliphatic rings. The molecule has 6 nitrogen and oxygen atoms in total. The summed E-state index contributed by atoms with van der Waals surface area (Å²) in [5.41, 5.74) is -1.28. The number of nitrogens with zero attached hydrogens (tertiary/aromatic N) is 1. The lowest BCUT2D eigenvalue weighted by Crippen LogP contribution is -2.54. The van der Waals surface area contributed by atoms with Gasteiger partial charge in [0.1, 0.15) is 5.70 Å². The Morgan fingerprint density at radius 1 is 1.29 bits per heavy atom. The van der Waals surface area contributed by atoms with E-state index in [1.807, 2.05) is 0 Å². The zero-order chi connectivity index (χ0) is 17.5. The summed E-state index contributed by atoms with van der Waals surface area (Å²) in [6.45, 7) is 0. The second-order valence-corrected chi connectivity index (χ2v) is 5.14. The van der Waals surface area contributed by atoms with Gasteiger partial charge in [-0.25, -0.2) is 10.2 Å². The highest BCUT2D eigenvalue weighted by molar-refractivity contribution is 5.96. The number of alkyl halides is 3. The van der Waals surface area contributed by atoms with Crippen molar-refractivity contribution >= 4 is 11.9 Å². The number of carbonyl (C=O) groups is 2. The quantitative estimate of drug-likeness (QED) is 0.800. The van der Waals surface area contributed by atoms with E-state index in [9.17, 15) is 22.8 Å². The fourth-order valence-corrected chi connectivity index (χ4v) is 2.66. The normalized spacial score (nSPS) is 22.8. The number of rotatable bonds is 2. The van der Waals surface area contributed by atoms with Crippen molar-refractivity contribution in [2.24, 2.45) is 0 Å². The van der Waals surface area contributed by atoms with Crippen LogP contribution in [0.3, 0.4) is 0 Å². The number of esters is 1. The lowest BCUT2D eigenvalue weighted by molar-refractivity contribution is -0.190. The Morgan fingerprint density at radius 2 is 2.00 bits per heavy atom. The van der Waals surface area contributed by atoms with Gasteiger partial charge < -0.3 is 10.1 Å². The molecule has 0 bridgehead atoms. The Morgan fingerprint density at radius 3 is 2.62 bits per heavy atom. The highest BCUT2D eigenvalue weighted by atomic mass is 19.4. The molecular weight excluding hydrogens is 327 g/mol. The minimum atomic E-state index is -4.82. The van der Waals surface area contributed by atoms with Crippen LogP contribution in [0.4, 0.5) is 13.2 Å². The van der Waals surface area contributed by atoms with Crippen LogP contribution in [-0.2, 0) is 15.1 Å². The number of methoxy groups -OCH3 is 1. The molecule has 0 saturated heterocycles. The molecule has 2 aliphatic heterocycles. The first-order chi connectivity index (χ1) is 11.3. The molecule has 3 rings (SSSR count). The van der Waals surface area contributed by atoms with Crippen molar-refractivity contribution in [1.82, 2.24) is 15.8 Å². The van der Waals surface area contributed by atoms with Gasteiger partial charge in [-0.1, -0.05) is 18.2 Å². The summed E-state index contributed by atoms with van der Waals surface area (Å²) in [6, 6.07) is 5.22. The minimum Gasteiger partial charge on any atom is -0.465 e. The molecule has 0 aromatic heterocycles. The van der Waals surface area contributed by atoms with E-state index in [1.54, 1.807) is 0 Å². The Balaban J connectivity index is 2.23. The first-order valence-corrected chi connectivity index (χ1v) is 6.82. The predicted octanol–water partition coefficient (Wildman–Crippen LogP) is 1.54. The zero-order valence-corrected chi connectivity index (χ0v) is 12.3. The summed E-state index contributed by atoms with van der Waals surface area (Å²) in [5.74, 6) is -1.59. The summed E-state index contributed by atoms with van der Waals surface area (Å²) in [4.78, 5) is 23.7. The summed E-state index contributed by atoms with van der Waals surface area (Å²) < 4.78 is 46.5. The van der Waals surface area contributed by atoms with Gasteiger partial charge in [-0.3, -0.25) is 9.80 Å². The molecule has 0 aliphatic carbocycles. The molecule has 0 saturated carbocycles. The van der Waals surface area contributed by atoms with Crippen LogP contribution in [0.25, 0.3) is 0 Å². The molecule has 2 N–H and O–H groups in total. The molecule has 1 aromatic rings. The van der Waals surface area contributed by atoms with Crippen LogP contribution in [0, 0.1) is 0 Å². The molecule has 1 aromatic carbocycles. The Bertz CT molecular complexity index is 773. The molecule has 1 amide bonds. The lowest BCUT2D eigenvalue weighted by atomic mass is 9.86. The van der Waals surface area contributed by atoms with Crippen molar-refractivity contribution in [2.75, 3.05) is 7.11 Å². The van der Waals surface area contributed by atoms with Crippen LogP contribution in [-0.4, -0.2) is 30.2 Å². The molecule has 0 spiro atoms. The van der Waals surface area contributed by atoms with E-state index in [0.29, 0.717) is 0 Å². The monoisotopic (exact) mass is 339 g/mol. The molecular formula is C15H12F3N3O3. The number of halogens is 3. The number of amides is 1. The van der Waals surface area contributed by atoms with E-state index in [2.05, 4.69) is 15.5 Å². The number of ether oxygens (including phenoxy) is 1. The maximum absolute atomic E-state index is 14.0. The third-order valence-corrected chi connectivity index (χ3v) is 3.78. The highest BCUT2D eigenvalue weighted by Gasteiger charge is 2.60. The van der Waals surface area contributed by atoms with Crippen LogP contribution < -0.4 is 10.7 Å². The Labute approximate surface area is 134 Å². The molecule has 1 atom stereocenters. The smallest absolute Gasteiger partial charge is 0.416 e. The topological polar surface area (TPSA) is 70.7 Å². The van der Waals surface area contributed by atoms with Crippen molar-refractivity contribution in [2.45, 2.75) is 11.7 Å². The maximum Gasteiger partial charge on any atom is 0.416 e. The summed E-state index contributed by atoms with van der Waals surface area (Å²) in [5, 5.41) is 3.29. The van der Waals surface area contributed by atoms with Crippen LogP contribution >= 0.6 is 0 Å². The van der Waals surface area contributed by atoms with Crippen molar-refractivity contribution in [3.8, 4) is 0 Å². The molecule has 2 heterocycles. The van der Waals surface area contributed by atoms with Gasteiger partial charge >= 0.3 is 12.1 Å². The van der Waals surface area contributed by atoms with E-state index in [4.69, 9.17) is 0 Å². The number of benzene rings is 1. The molecule has 1 unspecified atom stereocenters. The van der Waals surface area contributed by atoms with Gasteiger partial charge in [-0.2, -0.15) is 13.2 Å². The van der Waals surface area contributed by atoms with E-state index in [-0.39, 0.29) is 16.8 Å². The fourth-order valence-electron chi connectivity index (χ4n) is 2.66. The van der Waals surface area contributed by atoms with Crippen LogP contribution in [0.5, 0.6) is 0 Å². The molecule has 24 heavy (non-hydrogen) atoms. The number of hydrazine groups is 1. The SMILES string of the molecule is COC(=O)c1ccccc1C1(C(F)(F)F)C=C2C(=O)NC=CN2N1. The number of hydrogen-bond donors (Lipinski definition) is 2. The first-order valence-electron chi connectivity index (χ1n) is 6.82. The fraction of sp³-hybridized carbons (Fsp3) is 0.200. The Hall–Kier alpha value is -2.81. The molecule has 0 radical (unpaired) electrons. The first kappa shape index (κ1) is 16.1. The van der Waals surface area contributed by atoms with Gasteiger partial charge in [-0.05, 0) is 12.1 Å². The third kappa shape index (κ3) is 2.24. The average Bonchev–Trinajstić information content (AvgIpc) is 2.96. The lowest BCUT2D eigenvalue weighted by Gasteiger charge is -2.34.